The minimum atomic E-state index is 0.140. The van der Waals surface area contributed by atoms with Crippen LogP contribution in [0.15, 0.2) is 36.5 Å². The Morgan fingerprint density at radius 1 is 1.30 bits per heavy atom. The lowest BCUT2D eigenvalue weighted by Crippen LogP contribution is -2.22. The summed E-state index contributed by atoms with van der Waals surface area (Å²) in [5.74, 6) is 1.69. The van der Waals surface area contributed by atoms with E-state index in [1.807, 2.05) is 49.1 Å². The van der Waals surface area contributed by atoms with Crippen LogP contribution in [0.5, 0.6) is 11.5 Å². The lowest BCUT2D eigenvalue weighted by Gasteiger charge is -2.18. The topological polar surface area (TPSA) is 48.3 Å². The van der Waals surface area contributed by atoms with Gasteiger partial charge in [0.05, 0.1) is 31.6 Å². The first-order valence-corrected chi connectivity index (χ1v) is 6.67. The van der Waals surface area contributed by atoms with E-state index in [-0.39, 0.29) is 6.04 Å². The predicted molar refractivity (Wildman–Crippen MR) is 78.1 cm³/mol. The highest BCUT2D eigenvalue weighted by Crippen LogP contribution is 2.26. The van der Waals surface area contributed by atoms with Crippen molar-refractivity contribution in [3.8, 4) is 11.5 Å². The van der Waals surface area contributed by atoms with E-state index in [1.165, 1.54) is 0 Å². The normalized spacial score (nSPS) is 12.2. The molecule has 2 rings (SSSR count). The summed E-state index contributed by atoms with van der Waals surface area (Å²) in [7, 11) is 5.51. The molecule has 1 aromatic carbocycles. The van der Waals surface area contributed by atoms with Gasteiger partial charge < -0.3 is 14.8 Å². The minimum absolute atomic E-state index is 0.140. The third-order valence-electron chi connectivity index (χ3n) is 3.27. The number of rotatable bonds is 7. The van der Waals surface area contributed by atoms with Gasteiger partial charge in [0.25, 0.3) is 0 Å². The van der Waals surface area contributed by atoms with Gasteiger partial charge in [0.1, 0.15) is 5.75 Å². The minimum Gasteiger partial charge on any atom is -0.494 e. The zero-order valence-corrected chi connectivity index (χ0v) is 12.2. The van der Waals surface area contributed by atoms with Crippen LogP contribution in [0, 0.1) is 0 Å². The fourth-order valence-corrected chi connectivity index (χ4v) is 2.21. The van der Waals surface area contributed by atoms with Crippen LogP contribution in [-0.2, 0) is 7.05 Å². The highest BCUT2D eigenvalue weighted by Gasteiger charge is 2.19. The van der Waals surface area contributed by atoms with Crippen LogP contribution in [0.2, 0.25) is 0 Å². The Morgan fingerprint density at radius 3 is 2.70 bits per heavy atom. The number of nitrogens with zero attached hydrogens (tertiary/aromatic N) is 2. The second kappa shape index (κ2) is 6.96. The molecule has 0 aliphatic heterocycles. The van der Waals surface area contributed by atoms with Crippen LogP contribution in [0.3, 0.4) is 0 Å². The predicted octanol–water partition coefficient (Wildman–Crippen LogP) is 2.16. The van der Waals surface area contributed by atoms with Crippen molar-refractivity contribution in [2.45, 2.75) is 12.5 Å². The molecule has 108 valence electrons. The molecule has 5 heteroatoms. The zero-order chi connectivity index (χ0) is 14.4. The Morgan fingerprint density at radius 2 is 2.05 bits per heavy atom. The number of ether oxygens (including phenoxy) is 2. The average molecular weight is 275 g/mol. The van der Waals surface area contributed by atoms with E-state index in [2.05, 4.69) is 10.4 Å². The third kappa shape index (κ3) is 3.30. The van der Waals surface area contributed by atoms with Crippen LogP contribution >= 0.6 is 0 Å². The highest BCUT2D eigenvalue weighted by atomic mass is 16.5. The number of hydrogen-bond acceptors (Lipinski definition) is 4. The second-order valence-electron chi connectivity index (χ2n) is 4.51. The summed E-state index contributed by atoms with van der Waals surface area (Å²) in [6.07, 6.45) is 2.57. The molecule has 1 N–H and O–H groups in total. The van der Waals surface area contributed by atoms with Gasteiger partial charge in [0.15, 0.2) is 5.75 Å². The van der Waals surface area contributed by atoms with E-state index in [0.29, 0.717) is 6.61 Å². The Bertz CT molecular complexity index is 525. The van der Waals surface area contributed by atoms with Crippen molar-refractivity contribution < 1.29 is 9.47 Å². The number of aromatic nitrogens is 2. The molecule has 1 aromatic heterocycles. The molecule has 0 radical (unpaired) electrons. The average Bonchev–Trinajstić information content (AvgIpc) is 2.86. The summed E-state index contributed by atoms with van der Waals surface area (Å²) in [6, 6.07) is 9.97. The first kappa shape index (κ1) is 14.4. The SMILES string of the molecule is CNC(CCOc1ccccc1)c1c(OC)cnn1C. The van der Waals surface area contributed by atoms with Crippen molar-refractivity contribution >= 4 is 0 Å². The van der Waals surface area contributed by atoms with E-state index in [4.69, 9.17) is 9.47 Å². The molecule has 0 aliphatic carbocycles. The molecule has 0 bridgehead atoms. The van der Waals surface area contributed by atoms with Gasteiger partial charge >= 0.3 is 0 Å². The molecule has 1 unspecified atom stereocenters. The smallest absolute Gasteiger partial charge is 0.161 e. The molecular formula is C15H21N3O2. The van der Waals surface area contributed by atoms with Crippen molar-refractivity contribution in [3.05, 3.63) is 42.2 Å². The molecule has 20 heavy (non-hydrogen) atoms. The Balaban J connectivity index is 1.97. The lowest BCUT2D eigenvalue weighted by atomic mass is 10.1. The number of para-hydroxylation sites is 1. The second-order valence-corrected chi connectivity index (χ2v) is 4.51. The largest absolute Gasteiger partial charge is 0.494 e. The van der Waals surface area contributed by atoms with Gasteiger partial charge in [-0.15, -0.1) is 0 Å². The van der Waals surface area contributed by atoms with Gasteiger partial charge in [0, 0.05) is 13.5 Å². The maximum absolute atomic E-state index is 5.74. The Hall–Kier alpha value is -2.01. The molecule has 1 heterocycles. The van der Waals surface area contributed by atoms with Crippen LogP contribution in [0.1, 0.15) is 18.2 Å². The van der Waals surface area contributed by atoms with Crippen LogP contribution < -0.4 is 14.8 Å². The van der Waals surface area contributed by atoms with E-state index >= 15 is 0 Å². The molecule has 2 aromatic rings. The maximum atomic E-state index is 5.74. The molecule has 0 amide bonds. The van der Waals surface area contributed by atoms with Crippen LogP contribution in [0.4, 0.5) is 0 Å². The summed E-state index contributed by atoms with van der Waals surface area (Å²) >= 11 is 0. The molecule has 1 atom stereocenters. The Labute approximate surface area is 119 Å². The molecule has 0 spiro atoms. The van der Waals surface area contributed by atoms with Gasteiger partial charge in [-0.1, -0.05) is 18.2 Å². The van der Waals surface area contributed by atoms with Crippen LogP contribution in [-0.4, -0.2) is 30.5 Å². The lowest BCUT2D eigenvalue weighted by molar-refractivity contribution is 0.284. The summed E-state index contributed by atoms with van der Waals surface area (Å²) in [5.41, 5.74) is 1.03. The van der Waals surface area contributed by atoms with E-state index in [9.17, 15) is 0 Å². The molecule has 0 saturated heterocycles. The fourth-order valence-electron chi connectivity index (χ4n) is 2.21. The van der Waals surface area contributed by atoms with Crippen molar-refractivity contribution in [2.75, 3.05) is 20.8 Å². The number of nitrogens with one attached hydrogen (secondary N) is 1. The number of hydrogen-bond donors (Lipinski definition) is 1. The Kier molecular flexibility index (Phi) is 5.01. The standard InChI is InChI=1S/C15H21N3O2/c1-16-13(15-14(19-3)11-17-18(15)2)9-10-20-12-7-5-4-6-8-12/h4-8,11,13,16H,9-10H2,1-3H3. The van der Waals surface area contributed by atoms with Crippen molar-refractivity contribution in [2.24, 2.45) is 7.05 Å². The molecule has 0 saturated carbocycles. The fraction of sp³-hybridized carbons (Fsp3) is 0.400. The first-order chi connectivity index (χ1) is 9.76. The summed E-state index contributed by atoms with van der Waals surface area (Å²) in [5, 5.41) is 7.52. The maximum Gasteiger partial charge on any atom is 0.161 e. The van der Waals surface area contributed by atoms with E-state index in [1.54, 1.807) is 13.3 Å². The van der Waals surface area contributed by atoms with E-state index < -0.39 is 0 Å². The van der Waals surface area contributed by atoms with Gasteiger partial charge in [-0.25, -0.2) is 0 Å². The first-order valence-electron chi connectivity index (χ1n) is 6.67. The number of aryl methyl sites for hydroxylation is 1. The van der Waals surface area contributed by atoms with Gasteiger partial charge in [-0.3, -0.25) is 4.68 Å². The van der Waals surface area contributed by atoms with Gasteiger partial charge in [-0.2, -0.15) is 5.10 Å². The molecule has 0 aliphatic rings. The highest BCUT2D eigenvalue weighted by molar-refractivity contribution is 5.28. The van der Waals surface area contributed by atoms with Gasteiger partial charge in [-0.05, 0) is 19.2 Å². The summed E-state index contributed by atoms with van der Waals surface area (Å²) in [6.45, 7) is 0.629. The molecular weight excluding hydrogens is 254 g/mol. The number of methoxy groups -OCH3 is 1. The zero-order valence-electron chi connectivity index (χ0n) is 12.2. The quantitative estimate of drug-likeness (QED) is 0.841. The van der Waals surface area contributed by atoms with Crippen molar-refractivity contribution in [3.63, 3.8) is 0 Å². The van der Waals surface area contributed by atoms with E-state index in [0.717, 1.165) is 23.6 Å². The van der Waals surface area contributed by atoms with Crippen LogP contribution in [0.25, 0.3) is 0 Å². The van der Waals surface area contributed by atoms with Crippen molar-refractivity contribution in [1.82, 2.24) is 15.1 Å². The third-order valence-corrected chi connectivity index (χ3v) is 3.27. The summed E-state index contributed by atoms with van der Waals surface area (Å²) < 4.78 is 12.9. The van der Waals surface area contributed by atoms with Crippen molar-refractivity contribution in [1.29, 1.82) is 0 Å². The molecule has 5 nitrogen and oxygen atoms in total. The molecule has 0 fully saturated rings. The van der Waals surface area contributed by atoms with Gasteiger partial charge in [0.2, 0.25) is 0 Å². The summed E-state index contributed by atoms with van der Waals surface area (Å²) in [4.78, 5) is 0. The monoisotopic (exact) mass is 275 g/mol. The number of benzene rings is 1.